The number of likely N-dealkylation sites (tertiary alicyclic amines) is 1. The van der Waals surface area contributed by atoms with Crippen LogP contribution in [-0.4, -0.2) is 41.2 Å². The minimum atomic E-state index is -4.87. The zero-order valence-corrected chi connectivity index (χ0v) is 14.8. The van der Waals surface area contributed by atoms with Gasteiger partial charge in [0.15, 0.2) is 0 Å². The van der Waals surface area contributed by atoms with Crippen molar-refractivity contribution in [3.05, 3.63) is 45.9 Å². The maximum absolute atomic E-state index is 12.6. The second-order valence-corrected chi connectivity index (χ2v) is 6.94. The molecule has 1 aliphatic rings. The molecule has 1 aliphatic heterocycles. The molecular weight excluding hydrogens is 383 g/mol. The molecule has 2 heterocycles. The largest absolute Gasteiger partial charge is 0.573 e. The van der Waals surface area contributed by atoms with E-state index >= 15 is 0 Å². The molecule has 0 atom stereocenters. The summed E-state index contributed by atoms with van der Waals surface area (Å²) in [6, 6.07) is 5.30. The van der Waals surface area contributed by atoms with Crippen LogP contribution in [0.15, 0.2) is 29.6 Å². The average molecular weight is 399 g/mol. The van der Waals surface area contributed by atoms with Crippen molar-refractivity contribution in [3.8, 4) is 5.75 Å². The molecule has 1 aromatic carbocycles. The molecule has 144 valence electrons. The molecule has 0 saturated carbocycles. The van der Waals surface area contributed by atoms with Crippen molar-refractivity contribution < 1.29 is 27.5 Å². The van der Waals surface area contributed by atoms with E-state index in [2.05, 4.69) is 9.72 Å². The number of hydrogen-bond acceptors (Lipinski definition) is 5. The maximum atomic E-state index is 12.6. The number of piperidine rings is 1. The lowest BCUT2D eigenvalue weighted by molar-refractivity contribution is -0.274. The van der Waals surface area contributed by atoms with Crippen LogP contribution < -0.4 is 10.5 Å². The predicted octanol–water partition coefficient (Wildman–Crippen LogP) is 3.16. The van der Waals surface area contributed by atoms with Crippen LogP contribution in [0.5, 0.6) is 5.75 Å². The number of halogens is 3. The Morgan fingerprint density at radius 1 is 1.22 bits per heavy atom. The number of rotatable bonds is 4. The number of para-hydroxylation sites is 1. The van der Waals surface area contributed by atoms with Crippen molar-refractivity contribution in [3.63, 3.8) is 0 Å². The van der Waals surface area contributed by atoms with Gasteiger partial charge in [0.05, 0.1) is 10.6 Å². The van der Waals surface area contributed by atoms with Crippen LogP contribution in [0, 0.1) is 0 Å². The maximum Gasteiger partial charge on any atom is 0.573 e. The number of primary amides is 1. The van der Waals surface area contributed by atoms with E-state index in [0.717, 1.165) is 11.1 Å². The van der Waals surface area contributed by atoms with Crippen molar-refractivity contribution in [2.24, 2.45) is 5.73 Å². The van der Waals surface area contributed by atoms with E-state index in [-0.39, 0.29) is 17.2 Å². The van der Waals surface area contributed by atoms with E-state index < -0.39 is 23.9 Å². The Balaban J connectivity index is 1.67. The molecule has 2 aromatic rings. The predicted molar refractivity (Wildman–Crippen MR) is 91.6 cm³/mol. The first-order valence-electron chi connectivity index (χ1n) is 8.14. The minimum Gasteiger partial charge on any atom is -0.405 e. The first-order valence-corrected chi connectivity index (χ1v) is 9.02. The van der Waals surface area contributed by atoms with Gasteiger partial charge in [0, 0.05) is 24.4 Å². The van der Waals surface area contributed by atoms with Gasteiger partial charge >= 0.3 is 6.36 Å². The normalized spacial score (nSPS) is 15.6. The lowest BCUT2D eigenvalue weighted by Crippen LogP contribution is -2.38. The van der Waals surface area contributed by atoms with Gasteiger partial charge in [-0.25, -0.2) is 4.98 Å². The lowest BCUT2D eigenvalue weighted by Gasteiger charge is -2.31. The Morgan fingerprint density at radius 2 is 1.89 bits per heavy atom. The molecule has 0 spiro atoms. The molecule has 0 unspecified atom stereocenters. The summed E-state index contributed by atoms with van der Waals surface area (Å²) in [5.74, 6) is -1.53. The van der Waals surface area contributed by atoms with Crippen LogP contribution in [-0.2, 0) is 0 Å². The van der Waals surface area contributed by atoms with E-state index in [0.29, 0.717) is 25.9 Å². The first kappa shape index (κ1) is 19.2. The van der Waals surface area contributed by atoms with Gasteiger partial charge in [-0.2, -0.15) is 0 Å². The van der Waals surface area contributed by atoms with Gasteiger partial charge in [0.2, 0.25) is 0 Å². The van der Waals surface area contributed by atoms with Gasteiger partial charge in [-0.1, -0.05) is 12.1 Å². The highest BCUT2D eigenvalue weighted by Crippen LogP contribution is 2.32. The summed E-state index contributed by atoms with van der Waals surface area (Å²) in [5.41, 5.74) is 5.29. The van der Waals surface area contributed by atoms with Crippen LogP contribution in [0.25, 0.3) is 0 Å². The molecule has 3 rings (SSSR count). The second kappa shape index (κ2) is 7.55. The highest BCUT2D eigenvalue weighted by Gasteiger charge is 2.34. The Morgan fingerprint density at radius 3 is 2.48 bits per heavy atom. The number of aromatic nitrogens is 1. The van der Waals surface area contributed by atoms with Crippen LogP contribution >= 0.6 is 11.3 Å². The summed E-state index contributed by atoms with van der Waals surface area (Å²) in [7, 11) is 0. The van der Waals surface area contributed by atoms with Gasteiger partial charge in [0.25, 0.3) is 11.8 Å². The Labute approximate surface area is 156 Å². The van der Waals surface area contributed by atoms with Gasteiger partial charge in [-0.3, -0.25) is 9.59 Å². The number of carbonyl (C=O) groups excluding carboxylic acids is 2. The Kier molecular flexibility index (Phi) is 5.36. The van der Waals surface area contributed by atoms with Crippen LogP contribution in [0.1, 0.15) is 44.6 Å². The quantitative estimate of drug-likeness (QED) is 0.856. The average Bonchev–Trinajstić information content (AvgIpc) is 3.11. The number of alkyl halides is 3. The van der Waals surface area contributed by atoms with Crippen LogP contribution in [0.2, 0.25) is 0 Å². The SMILES string of the molecule is NC(=O)c1csc(C2CCN(C(=O)c3ccccc3OC(F)(F)F)CC2)n1. The number of thiazole rings is 1. The zero-order chi connectivity index (χ0) is 19.6. The molecule has 2 N–H and O–H groups in total. The first-order chi connectivity index (χ1) is 12.7. The Bertz CT molecular complexity index is 845. The summed E-state index contributed by atoms with van der Waals surface area (Å²) in [4.78, 5) is 29.5. The number of carbonyl (C=O) groups is 2. The molecule has 0 aliphatic carbocycles. The van der Waals surface area contributed by atoms with Crippen molar-refractivity contribution >= 4 is 23.2 Å². The topological polar surface area (TPSA) is 85.5 Å². The molecule has 0 bridgehead atoms. The number of amides is 2. The smallest absolute Gasteiger partial charge is 0.405 e. The number of nitrogens with zero attached hydrogens (tertiary/aromatic N) is 2. The van der Waals surface area contributed by atoms with E-state index in [4.69, 9.17) is 5.73 Å². The lowest BCUT2D eigenvalue weighted by atomic mass is 9.97. The van der Waals surface area contributed by atoms with Crippen molar-refractivity contribution in [2.45, 2.75) is 25.1 Å². The molecular formula is C17H16F3N3O3S. The molecule has 1 saturated heterocycles. The van der Waals surface area contributed by atoms with Crippen LogP contribution in [0.3, 0.4) is 0 Å². The number of nitrogens with two attached hydrogens (primary N) is 1. The fourth-order valence-electron chi connectivity index (χ4n) is 2.95. The fraction of sp³-hybridized carbons (Fsp3) is 0.353. The fourth-order valence-corrected chi connectivity index (χ4v) is 3.93. The molecule has 1 fully saturated rings. The molecule has 0 radical (unpaired) electrons. The standard InChI is InChI=1S/C17H16F3N3O3S/c18-17(19,20)26-13-4-2-1-3-11(13)16(25)23-7-5-10(6-8-23)15-22-12(9-27-15)14(21)24/h1-4,9-10H,5-8H2,(H2,21,24). The third-order valence-corrected chi connectivity index (χ3v) is 5.26. The summed E-state index contributed by atoms with van der Waals surface area (Å²) in [6.07, 6.45) is -3.67. The van der Waals surface area contributed by atoms with E-state index in [1.54, 1.807) is 5.38 Å². The van der Waals surface area contributed by atoms with Gasteiger partial charge in [-0.15, -0.1) is 24.5 Å². The molecule has 1 aromatic heterocycles. The van der Waals surface area contributed by atoms with E-state index in [9.17, 15) is 22.8 Å². The number of benzene rings is 1. The monoisotopic (exact) mass is 399 g/mol. The third-order valence-electron chi connectivity index (χ3n) is 4.25. The number of hydrogen-bond donors (Lipinski definition) is 1. The van der Waals surface area contributed by atoms with E-state index in [1.807, 2.05) is 0 Å². The summed E-state index contributed by atoms with van der Waals surface area (Å²) < 4.78 is 41.6. The Hall–Kier alpha value is -2.62. The van der Waals surface area contributed by atoms with Crippen molar-refractivity contribution in [2.75, 3.05) is 13.1 Å². The van der Waals surface area contributed by atoms with Gasteiger partial charge < -0.3 is 15.4 Å². The zero-order valence-electron chi connectivity index (χ0n) is 14.0. The van der Waals surface area contributed by atoms with Gasteiger partial charge in [0.1, 0.15) is 11.4 Å². The summed E-state index contributed by atoms with van der Waals surface area (Å²) in [5, 5.41) is 2.37. The molecule has 27 heavy (non-hydrogen) atoms. The highest BCUT2D eigenvalue weighted by atomic mass is 32.1. The van der Waals surface area contributed by atoms with Gasteiger partial charge in [-0.05, 0) is 25.0 Å². The van der Waals surface area contributed by atoms with E-state index in [1.165, 1.54) is 34.4 Å². The molecule has 2 amide bonds. The summed E-state index contributed by atoms with van der Waals surface area (Å²) >= 11 is 1.34. The van der Waals surface area contributed by atoms with Crippen molar-refractivity contribution in [1.29, 1.82) is 0 Å². The summed E-state index contributed by atoms with van der Waals surface area (Å²) in [6.45, 7) is 0.741. The number of ether oxygens (including phenoxy) is 1. The third kappa shape index (κ3) is 4.57. The van der Waals surface area contributed by atoms with Crippen molar-refractivity contribution in [1.82, 2.24) is 9.88 Å². The molecule has 10 heteroatoms. The minimum absolute atomic E-state index is 0.0776. The molecule has 6 nitrogen and oxygen atoms in total. The second-order valence-electron chi connectivity index (χ2n) is 6.05. The highest BCUT2D eigenvalue weighted by molar-refractivity contribution is 7.09. The van der Waals surface area contributed by atoms with Crippen LogP contribution in [0.4, 0.5) is 13.2 Å².